The predicted molar refractivity (Wildman–Crippen MR) is 163 cm³/mol. The Bertz CT molecular complexity index is 1550. The zero-order valence-electron chi connectivity index (χ0n) is 25.3. The first-order valence-electron chi connectivity index (χ1n) is 15.3. The van der Waals surface area contributed by atoms with Crippen molar-refractivity contribution < 1.29 is 19.2 Å². The van der Waals surface area contributed by atoms with Crippen LogP contribution in [0.2, 0.25) is 0 Å². The van der Waals surface area contributed by atoms with Gasteiger partial charge in [0.25, 0.3) is 23.7 Å². The lowest BCUT2D eigenvalue weighted by atomic mass is 9.71. The summed E-state index contributed by atoms with van der Waals surface area (Å²) >= 11 is 0. The van der Waals surface area contributed by atoms with Gasteiger partial charge in [-0.25, -0.2) is 4.79 Å². The Morgan fingerprint density at radius 3 is 2.27 bits per heavy atom. The SMILES string of the molecule is CC(C)(C)C1CCC(N(Cc2ccc(C(=O)Nc3nn[nH]n3)cc2)C(=O)Nc2ccc3c(c2)C(=O)N(CC2CC2)C3=O)CC1. The van der Waals surface area contributed by atoms with Gasteiger partial charge < -0.3 is 10.2 Å². The monoisotopic (exact) mass is 598 g/mol. The van der Waals surface area contributed by atoms with E-state index in [1.165, 1.54) is 4.90 Å². The smallest absolute Gasteiger partial charge is 0.317 e. The normalized spacial score (nSPS) is 19.9. The number of nitrogens with zero attached hydrogens (tertiary/aromatic N) is 5. The lowest BCUT2D eigenvalue weighted by molar-refractivity contribution is 0.0646. The van der Waals surface area contributed by atoms with Gasteiger partial charge in [-0.15, -0.1) is 5.10 Å². The fourth-order valence-corrected chi connectivity index (χ4v) is 6.26. The average molecular weight is 599 g/mol. The fourth-order valence-electron chi connectivity index (χ4n) is 6.26. The summed E-state index contributed by atoms with van der Waals surface area (Å²) in [5.41, 5.74) is 2.70. The highest BCUT2D eigenvalue weighted by atomic mass is 16.2. The number of hydrogen-bond acceptors (Lipinski definition) is 7. The highest BCUT2D eigenvalue weighted by Gasteiger charge is 2.39. The maximum absolute atomic E-state index is 13.9. The van der Waals surface area contributed by atoms with E-state index in [4.69, 9.17) is 0 Å². The van der Waals surface area contributed by atoms with Crippen LogP contribution in [0.4, 0.5) is 16.4 Å². The molecule has 2 fully saturated rings. The molecule has 3 aliphatic rings. The van der Waals surface area contributed by atoms with Crippen molar-refractivity contribution in [3.8, 4) is 0 Å². The van der Waals surface area contributed by atoms with Crippen molar-refractivity contribution in [3.05, 3.63) is 64.7 Å². The molecule has 1 aromatic heterocycles. The molecule has 0 atom stereocenters. The van der Waals surface area contributed by atoms with E-state index in [1.54, 1.807) is 30.3 Å². The molecule has 6 rings (SSSR count). The number of aromatic nitrogens is 4. The van der Waals surface area contributed by atoms with Crippen LogP contribution in [0.15, 0.2) is 42.5 Å². The third kappa shape index (κ3) is 6.34. The van der Waals surface area contributed by atoms with Gasteiger partial charge in [0.05, 0.1) is 11.1 Å². The molecule has 0 unspecified atom stereocenters. The van der Waals surface area contributed by atoms with E-state index < -0.39 is 0 Å². The Balaban J connectivity index is 1.18. The van der Waals surface area contributed by atoms with Gasteiger partial charge in [-0.2, -0.15) is 5.21 Å². The summed E-state index contributed by atoms with van der Waals surface area (Å²) < 4.78 is 0. The second-order valence-corrected chi connectivity index (χ2v) is 13.2. The van der Waals surface area contributed by atoms with Crippen molar-refractivity contribution >= 4 is 35.4 Å². The number of fused-ring (bicyclic) bond motifs is 1. The Kier molecular flexibility index (Phi) is 7.91. The topological polar surface area (TPSA) is 153 Å². The lowest BCUT2D eigenvalue weighted by Crippen LogP contribution is -2.45. The van der Waals surface area contributed by atoms with Gasteiger partial charge in [-0.1, -0.05) is 38.0 Å². The van der Waals surface area contributed by atoms with Crippen molar-refractivity contribution in [1.82, 2.24) is 30.4 Å². The summed E-state index contributed by atoms with van der Waals surface area (Å²) in [6, 6.07) is 11.8. The van der Waals surface area contributed by atoms with Crippen molar-refractivity contribution in [2.45, 2.75) is 71.9 Å². The number of carbonyl (C=O) groups is 4. The largest absolute Gasteiger partial charge is 0.322 e. The molecule has 0 radical (unpaired) electrons. The van der Waals surface area contributed by atoms with Crippen LogP contribution >= 0.6 is 0 Å². The summed E-state index contributed by atoms with van der Waals surface area (Å²) in [4.78, 5) is 55.5. The van der Waals surface area contributed by atoms with Gasteiger partial charge >= 0.3 is 6.03 Å². The standard InChI is InChI=1S/C32H38N8O4/c1-32(2,3)22-10-13-24(14-11-22)39(17-20-6-8-21(9-7-20)27(41)34-30-35-37-38-36-30)31(44)33-23-12-15-25-26(16-23)29(43)40(28(25)42)18-19-4-5-19/h6-9,12,15-16,19,22,24H,4-5,10-11,13-14,17-18H2,1-3H3,(H,33,44)(H2,34,35,36,37,38,41). The zero-order chi connectivity index (χ0) is 31.0. The third-order valence-electron chi connectivity index (χ3n) is 9.12. The molecule has 0 saturated heterocycles. The summed E-state index contributed by atoms with van der Waals surface area (Å²) in [6.07, 6.45) is 5.90. The molecule has 44 heavy (non-hydrogen) atoms. The molecular weight excluding hydrogens is 560 g/mol. The highest BCUT2D eigenvalue weighted by molar-refractivity contribution is 6.22. The molecule has 0 bridgehead atoms. The summed E-state index contributed by atoms with van der Waals surface area (Å²) in [5.74, 6) is 0.136. The molecule has 2 aromatic carbocycles. The van der Waals surface area contributed by atoms with Crippen LogP contribution in [0.25, 0.3) is 0 Å². The summed E-state index contributed by atoms with van der Waals surface area (Å²) in [7, 11) is 0. The molecule has 2 saturated carbocycles. The second-order valence-electron chi connectivity index (χ2n) is 13.2. The number of H-pyrrole nitrogens is 1. The molecule has 3 aromatic rings. The number of rotatable bonds is 8. The number of nitrogens with one attached hydrogen (secondary N) is 3. The Hall–Kier alpha value is -4.61. The van der Waals surface area contributed by atoms with Crippen LogP contribution in [-0.4, -0.2) is 66.8 Å². The van der Waals surface area contributed by atoms with E-state index in [0.29, 0.717) is 47.3 Å². The van der Waals surface area contributed by atoms with Crippen LogP contribution in [0, 0.1) is 17.3 Å². The van der Waals surface area contributed by atoms with E-state index in [1.807, 2.05) is 17.0 Å². The van der Waals surface area contributed by atoms with Gasteiger partial charge in [0, 0.05) is 30.4 Å². The minimum atomic E-state index is -0.367. The van der Waals surface area contributed by atoms with Gasteiger partial charge in [0.1, 0.15) is 0 Å². The number of urea groups is 1. The third-order valence-corrected chi connectivity index (χ3v) is 9.12. The molecule has 5 amide bonds. The van der Waals surface area contributed by atoms with Gasteiger partial charge in [0.2, 0.25) is 0 Å². The van der Waals surface area contributed by atoms with E-state index in [9.17, 15) is 19.2 Å². The van der Waals surface area contributed by atoms with Crippen LogP contribution in [-0.2, 0) is 6.54 Å². The molecular formula is C32H38N8O4. The van der Waals surface area contributed by atoms with Crippen LogP contribution in [0.3, 0.4) is 0 Å². The van der Waals surface area contributed by atoms with Gasteiger partial charge in [-0.3, -0.25) is 24.6 Å². The number of carbonyl (C=O) groups excluding carboxylic acids is 4. The van der Waals surface area contributed by atoms with Crippen molar-refractivity contribution in [2.75, 3.05) is 17.2 Å². The Morgan fingerprint density at radius 2 is 1.64 bits per heavy atom. The van der Waals surface area contributed by atoms with Crippen molar-refractivity contribution in [3.63, 3.8) is 0 Å². The molecule has 12 nitrogen and oxygen atoms in total. The lowest BCUT2D eigenvalue weighted by Gasteiger charge is -2.41. The van der Waals surface area contributed by atoms with E-state index >= 15 is 0 Å². The first kappa shape index (κ1) is 29.5. The van der Waals surface area contributed by atoms with Crippen molar-refractivity contribution in [1.29, 1.82) is 0 Å². The van der Waals surface area contributed by atoms with Gasteiger partial charge in [-0.05, 0) is 96.9 Å². The van der Waals surface area contributed by atoms with Crippen LogP contribution in [0.5, 0.6) is 0 Å². The zero-order valence-corrected chi connectivity index (χ0v) is 25.3. The number of tetrazole rings is 1. The quantitative estimate of drug-likeness (QED) is 0.305. The number of benzene rings is 2. The minimum absolute atomic E-state index is 0.0292. The molecule has 230 valence electrons. The molecule has 3 N–H and O–H groups in total. The van der Waals surface area contributed by atoms with Crippen LogP contribution < -0.4 is 10.6 Å². The van der Waals surface area contributed by atoms with E-state index in [0.717, 1.165) is 44.1 Å². The van der Waals surface area contributed by atoms with Crippen LogP contribution in [0.1, 0.15) is 95.9 Å². The Morgan fingerprint density at radius 1 is 0.932 bits per heavy atom. The average Bonchev–Trinajstić information content (AvgIpc) is 3.63. The molecule has 2 heterocycles. The highest BCUT2D eigenvalue weighted by Crippen LogP contribution is 2.39. The molecule has 0 spiro atoms. The van der Waals surface area contributed by atoms with Gasteiger partial charge in [0.15, 0.2) is 0 Å². The van der Waals surface area contributed by atoms with Crippen molar-refractivity contribution in [2.24, 2.45) is 17.3 Å². The molecule has 2 aliphatic carbocycles. The summed E-state index contributed by atoms with van der Waals surface area (Å²) in [5, 5.41) is 18.8. The maximum atomic E-state index is 13.9. The number of anilines is 2. The second kappa shape index (κ2) is 11.8. The number of hydrogen-bond donors (Lipinski definition) is 3. The number of amides is 5. The van der Waals surface area contributed by atoms with E-state index in [2.05, 4.69) is 52.0 Å². The maximum Gasteiger partial charge on any atom is 0.322 e. The van der Waals surface area contributed by atoms with E-state index in [-0.39, 0.29) is 41.2 Å². The first-order chi connectivity index (χ1) is 21.1. The molecule has 12 heteroatoms. The Labute approximate surface area is 256 Å². The molecule has 1 aliphatic heterocycles. The number of aromatic amines is 1. The minimum Gasteiger partial charge on any atom is -0.317 e. The summed E-state index contributed by atoms with van der Waals surface area (Å²) in [6.45, 7) is 7.61. The fraction of sp³-hybridized carbons (Fsp3) is 0.469. The number of imide groups is 1. The first-order valence-corrected chi connectivity index (χ1v) is 15.3. The predicted octanol–water partition coefficient (Wildman–Crippen LogP) is 5.10.